The molecule has 2 heterocycles. The van der Waals surface area contributed by atoms with Gasteiger partial charge < -0.3 is 0 Å². The number of aromatic nitrogens is 3. The van der Waals surface area contributed by atoms with E-state index in [1.54, 1.807) is 16.6 Å². The third-order valence-electron chi connectivity index (χ3n) is 4.73. The Labute approximate surface area is 170 Å². The monoisotopic (exact) mass is 398 g/mol. The summed E-state index contributed by atoms with van der Waals surface area (Å²) in [7, 11) is 0. The largest absolute Gasteiger partial charge is 0.294 e. The van der Waals surface area contributed by atoms with E-state index in [1.165, 1.54) is 17.3 Å². The van der Waals surface area contributed by atoms with E-state index in [0.717, 1.165) is 5.56 Å². The number of thioether (sulfide) groups is 1. The van der Waals surface area contributed by atoms with Crippen molar-refractivity contribution in [1.82, 2.24) is 14.9 Å². The Morgan fingerprint density at radius 3 is 2.21 bits per heavy atom. The van der Waals surface area contributed by atoms with Crippen LogP contribution in [-0.4, -0.2) is 26.6 Å². The Morgan fingerprint density at radius 2 is 1.68 bits per heavy atom. The number of carbonyl (C=O) groups is 2. The first-order valence-electron chi connectivity index (χ1n) is 9.50. The molecule has 0 aliphatic carbocycles. The maximum Gasteiger partial charge on any atom is 0.246 e. The highest BCUT2D eigenvalue weighted by molar-refractivity contribution is 8.04. The molecule has 0 spiro atoms. The number of aryl methyl sites for hydroxylation is 1. The van der Waals surface area contributed by atoms with E-state index in [2.05, 4.69) is 43.1 Å². The van der Waals surface area contributed by atoms with Crippen LogP contribution in [0.1, 0.15) is 64.4 Å². The molecule has 0 N–H and O–H groups in total. The van der Waals surface area contributed by atoms with Crippen LogP contribution in [0.3, 0.4) is 0 Å². The first kappa shape index (κ1) is 20.3. The average Bonchev–Trinajstić information content (AvgIpc) is 3.05. The summed E-state index contributed by atoms with van der Waals surface area (Å²) in [4.78, 5) is 26.3. The molecular weight excluding hydrogens is 372 g/mol. The molecule has 7 heteroatoms. The molecule has 1 aliphatic rings. The molecule has 1 aromatic heterocycles. The molecule has 1 amide bonds. The van der Waals surface area contributed by atoms with Gasteiger partial charge in [-0.3, -0.25) is 9.59 Å². The molecule has 0 bridgehead atoms. The van der Waals surface area contributed by atoms with E-state index in [1.807, 2.05) is 26.0 Å². The zero-order chi connectivity index (χ0) is 20.6. The molecule has 0 radical (unpaired) electrons. The van der Waals surface area contributed by atoms with E-state index in [-0.39, 0.29) is 17.1 Å². The smallest absolute Gasteiger partial charge is 0.246 e. The molecular formula is C21H26N4O2S. The molecule has 0 fully saturated rings. The van der Waals surface area contributed by atoms with Crippen molar-refractivity contribution in [2.75, 3.05) is 5.01 Å². The van der Waals surface area contributed by atoms with E-state index in [9.17, 15) is 9.59 Å². The molecule has 1 aromatic carbocycles. The second-order valence-electron chi connectivity index (χ2n) is 7.78. The van der Waals surface area contributed by atoms with Crippen molar-refractivity contribution in [1.29, 1.82) is 0 Å². The predicted molar refractivity (Wildman–Crippen MR) is 111 cm³/mol. The fraction of sp³-hybridized carbons (Fsp3) is 0.429. The lowest BCUT2D eigenvalue weighted by Crippen LogP contribution is -2.42. The number of hydrogen-bond donors (Lipinski definition) is 0. The molecule has 1 aliphatic heterocycles. The summed E-state index contributed by atoms with van der Waals surface area (Å²) >= 11 is 1.28. The highest BCUT2D eigenvalue weighted by Crippen LogP contribution is 2.40. The summed E-state index contributed by atoms with van der Waals surface area (Å²) in [6.07, 6.45) is 0.659. The summed E-state index contributed by atoms with van der Waals surface area (Å²) in [5.74, 6) is 0.484. The fourth-order valence-electron chi connectivity index (χ4n) is 3.09. The van der Waals surface area contributed by atoms with Crippen molar-refractivity contribution in [3.05, 3.63) is 46.1 Å². The lowest BCUT2D eigenvalue weighted by molar-refractivity contribution is -0.119. The van der Waals surface area contributed by atoms with Crippen LogP contribution in [-0.2, 0) is 15.0 Å². The Balaban J connectivity index is 2.24. The predicted octanol–water partition coefficient (Wildman–Crippen LogP) is 4.21. The van der Waals surface area contributed by atoms with Crippen LogP contribution in [0.15, 0.2) is 34.3 Å². The van der Waals surface area contributed by atoms with Gasteiger partial charge in [0.25, 0.3) is 0 Å². The van der Waals surface area contributed by atoms with Gasteiger partial charge in [0.2, 0.25) is 11.1 Å². The SMILES string of the molecule is CCC(=O)C1=C(c2ccc(C(C)(C)C)cc2)N(C(=O)CC)n2c(C)nnc2S1. The lowest BCUT2D eigenvalue weighted by atomic mass is 9.86. The number of amides is 1. The highest BCUT2D eigenvalue weighted by atomic mass is 32.2. The van der Waals surface area contributed by atoms with Crippen LogP contribution in [0.5, 0.6) is 0 Å². The van der Waals surface area contributed by atoms with Crippen molar-refractivity contribution in [3.63, 3.8) is 0 Å². The summed E-state index contributed by atoms with van der Waals surface area (Å²) in [5, 5.41) is 10.4. The zero-order valence-electron chi connectivity index (χ0n) is 17.2. The van der Waals surface area contributed by atoms with Gasteiger partial charge in [-0.15, -0.1) is 10.2 Å². The minimum atomic E-state index is -0.110. The maximum atomic E-state index is 12.9. The van der Waals surface area contributed by atoms with Crippen molar-refractivity contribution >= 4 is 29.1 Å². The van der Waals surface area contributed by atoms with E-state index in [0.29, 0.717) is 34.4 Å². The summed E-state index contributed by atoms with van der Waals surface area (Å²) in [6.45, 7) is 11.9. The zero-order valence-corrected chi connectivity index (χ0v) is 18.1. The molecule has 0 saturated heterocycles. The van der Waals surface area contributed by atoms with Crippen molar-refractivity contribution < 1.29 is 9.59 Å². The van der Waals surface area contributed by atoms with Gasteiger partial charge in [0.15, 0.2) is 11.6 Å². The van der Waals surface area contributed by atoms with Crippen LogP contribution in [0.25, 0.3) is 5.70 Å². The molecule has 0 atom stereocenters. The van der Waals surface area contributed by atoms with Gasteiger partial charge >= 0.3 is 0 Å². The minimum Gasteiger partial charge on any atom is -0.294 e. The number of ketones is 1. The maximum absolute atomic E-state index is 12.9. The Kier molecular flexibility index (Phi) is 5.48. The van der Waals surface area contributed by atoms with Crippen LogP contribution in [0, 0.1) is 6.92 Å². The van der Waals surface area contributed by atoms with Gasteiger partial charge in [-0.05, 0) is 29.7 Å². The highest BCUT2D eigenvalue weighted by Gasteiger charge is 2.35. The number of benzene rings is 1. The molecule has 2 aromatic rings. The van der Waals surface area contributed by atoms with Gasteiger partial charge in [0, 0.05) is 18.4 Å². The van der Waals surface area contributed by atoms with Crippen LogP contribution < -0.4 is 5.01 Å². The van der Waals surface area contributed by atoms with Crippen molar-refractivity contribution in [3.8, 4) is 0 Å². The van der Waals surface area contributed by atoms with Crippen LogP contribution in [0.2, 0.25) is 0 Å². The Hall–Kier alpha value is -2.41. The number of fused-ring (bicyclic) bond motifs is 1. The van der Waals surface area contributed by atoms with E-state index < -0.39 is 0 Å². The summed E-state index contributed by atoms with van der Waals surface area (Å²) in [6, 6.07) is 8.09. The van der Waals surface area contributed by atoms with Crippen LogP contribution >= 0.6 is 11.8 Å². The van der Waals surface area contributed by atoms with Gasteiger partial charge in [-0.25, -0.2) is 9.69 Å². The molecule has 0 unspecified atom stereocenters. The lowest BCUT2D eigenvalue weighted by Gasteiger charge is -2.33. The van der Waals surface area contributed by atoms with Gasteiger partial charge in [0.05, 0.1) is 10.6 Å². The second kappa shape index (κ2) is 7.54. The molecule has 0 saturated carbocycles. The average molecular weight is 399 g/mol. The van der Waals surface area contributed by atoms with Crippen molar-refractivity contribution in [2.24, 2.45) is 0 Å². The van der Waals surface area contributed by atoms with Gasteiger partial charge in [-0.1, -0.05) is 58.9 Å². The van der Waals surface area contributed by atoms with Crippen LogP contribution in [0.4, 0.5) is 0 Å². The van der Waals surface area contributed by atoms with Crippen molar-refractivity contribution in [2.45, 2.75) is 65.0 Å². The number of allylic oxidation sites excluding steroid dienone is 1. The number of carbonyl (C=O) groups excluding carboxylic acids is 2. The molecule has 28 heavy (non-hydrogen) atoms. The number of hydrogen-bond acceptors (Lipinski definition) is 5. The second-order valence-corrected chi connectivity index (χ2v) is 8.76. The summed E-state index contributed by atoms with van der Waals surface area (Å²) in [5.41, 5.74) is 2.66. The standard InChI is InChI=1S/C21H26N4O2S/c1-7-16(26)19-18(14-9-11-15(12-10-14)21(4,5)6)25(17(27)8-2)24-13(3)22-23-20(24)28-19/h9-12H,7-8H2,1-6H3. The summed E-state index contributed by atoms with van der Waals surface area (Å²) < 4.78 is 1.70. The fourth-order valence-corrected chi connectivity index (χ4v) is 4.21. The molecule has 148 valence electrons. The number of rotatable bonds is 4. The Morgan fingerprint density at radius 1 is 1.04 bits per heavy atom. The third-order valence-corrected chi connectivity index (χ3v) is 5.79. The quantitative estimate of drug-likeness (QED) is 0.772. The first-order chi connectivity index (χ1) is 13.2. The minimum absolute atomic E-state index is 0.0132. The third kappa shape index (κ3) is 3.51. The van der Waals surface area contributed by atoms with Gasteiger partial charge in [0.1, 0.15) is 0 Å². The normalized spacial score (nSPS) is 14.3. The topological polar surface area (TPSA) is 68.1 Å². The molecule has 6 nitrogen and oxygen atoms in total. The van der Waals surface area contributed by atoms with E-state index >= 15 is 0 Å². The van der Waals surface area contributed by atoms with E-state index in [4.69, 9.17) is 0 Å². The first-order valence-corrected chi connectivity index (χ1v) is 10.3. The number of nitrogens with zero attached hydrogens (tertiary/aromatic N) is 4. The molecule has 3 rings (SSSR count). The van der Waals surface area contributed by atoms with Gasteiger partial charge in [-0.2, -0.15) is 0 Å². The number of Topliss-reactive ketones (excluding diaryl/α,β-unsaturated/α-hetero) is 1. The Bertz CT molecular complexity index is 952.